The zero-order chi connectivity index (χ0) is 23.5. The van der Waals surface area contributed by atoms with Gasteiger partial charge in [0.05, 0.1) is 12.0 Å². The Labute approximate surface area is 199 Å². The van der Waals surface area contributed by atoms with Gasteiger partial charge in [-0.15, -0.1) is 11.3 Å². The van der Waals surface area contributed by atoms with E-state index in [1.807, 2.05) is 41.8 Å². The molecule has 1 amide bonds. The Morgan fingerprint density at radius 2 is 2.00 bits per heavy atom. The van der Waals surface area contributed by atoms with E-state index in [4.69, 9.17) is 14.2 Å². The third-order valence-electron chi connectivity index (χ3n) is 5.30. The molecule has 1 aliphatic rings. The zero-order valence-electron chi connectivity index (χ0n) is 18.3. The van der Waals surface area contributed by atoms with Crippen molar-refractivity contribution >= 4 is 22.9 Å². The van der Waals surface area contributed by atoms with E-state index in [1.165, 1.54) is 16.0 Å². The minimum atomic E-state index is -0.371. The van der Waals surface area contributed by atoms with Crippen LogP contribution in [0.4, 0.5) is 5.69 Å². The van der Waals surface area contributed by atoms with Crippen LogP contribution in [0.3, 0.4) is 0 Å². The molecular weight excluding hydrogens is 454 g/mol. The molecule has 0 atom stereocenters. The number of fused-ring (bicyclic) bond motifs is 1. The molecule has 0 saturated heterocycles. The second-order valence-electron chi connectivity index (χ2n) is 7.64. The molecule has 0 radical (unpaired) electrons. The maximum atomic E-state index is 13.2. The molecule has 0 spiro atoms. The van der Waals surface area contributed by atoms with Gasteiger partial charge >= 0.3 is 0 Å². The molecule has 0 fully saturated rings. The van der Waals surface area contributed by atoms with Crippen LogP contribution in [0.2, 0.25) is 0 Å². The van der Waals surface area contributed by atoms with Gasteiger partial charge in [0.15, 0.2) is 11.5 Å². The summed E-state index contributed by atoms with van der Waals surface area (Å²) in [6.45, 7) is -0.0742. The molecule has 3 heterocycles. The van der Waals surface area contributed by atoms with Gasteiger partial charge in [0, 0.05) is 23.7 Å². The quantitative estimate of drug-likeness (QED) is 0.435. The van der Waals surface area contributed by atoms with E-state index in [2.05, 4.69) is 10.4 Å². The number of nitrogens with one attached hydrogen (secondary N) is 1. The summed E-state index contributed by atoms with van der Waals surface area (Å²) in [4.78, 5) is 26.9. The summed E-state index contributed by atoms with van der Waals surface area (Å²) >= 11 is 1.52. The topological polar surface area (TPSA) is 91.7 Å². The summed E-state index contributed by atoms with van der Waals surface area (Å²) in [5.41, 5.74) is 2.35. The van der Waals surface area contributed by atoms with Crippen LogP contribution in [0.1, 0.15) is 11.1 Å². The van der Waals surface area contributed by atoms with E-state index in [9.17, 15) is 9.59 Å². The summed E-state index contributed by atoms with van der Waals surface area (Å²) in [6.07, 6.45) is 0.390. The molecule has 172 valence electrons. The normalized spacial score (nSPS) is 11.9. The van der Waals surface area contributed by atoms with Crippen molar-refractivity contribution in [3.05, 3.63) is 87.5 Å². The lowest BCUT2D eigenvalue weighted by Crippen LogP contribution is -2.32. The summed E-state index contributed by atoms with van der Waals surface area (Å²) in [5.74, 6) is 1.53. The number of rotatable bonds is 7. The molecule has 4 aromatic rings. The number of hydrogen-bond acceptors (Lipinski definition) is 7. The standard InChI is InChI=1S/C25H21N3O5S/c1-31-19-5-2-4-16(11-19)10-17-12-20(23-6-3-9-34-23)27-28(25(17)30)14-24(29)26-18-7-8-21-22(13-18)33-15-32-21/h2-9,11-13H,10,14-15H2,1H3,(H,26,29). The molecule has 9 heteroatoms. The molecule has 1 N–H and O–H groups in total. The number of aromatic nitrogens is 2. The monoisotopic (exact) mass is 475 g/mol. The lowest BCUT2D eigenvalue weighted by molar-refractivity contribution is -0.117. The first-order chi connectivity index (χ1) is 16.6. The zero-order valence-corrected chi connectivity index (χ0v) is 19.1. The number of benzene rings is 2. The molecule has 2 aromatic carbocycles. The average molecular weight is 476 g/mol. The first kappa shape index (κ1) is 21.7. The fraction of sp³-hybridized carbons (Fsp3) is 0.160. The number of hydrogen-bond donors (Lipinski definition) is 1. The Morgan fingerprint density at radius 3 is 2.82 bits per heavy atom. The van der Waals surface area contributed by atoms with Crippen molar-refractivity contribution < 1.29 is 19.0 Å². The van der Waals surface area contributed by atoms with Crippen LogP contribution in [-0.2, 0) is 17.8 Å². The van der Waals surface area contributed by atoms with E-state index in [-0.39, 0.29) is 24.8 Å². The molecule has 34 heavy (non-hydrogen) atoms. The second kappa shape index (κ2) is 9.40. The first-order valence-corrected chi connectivity index (χ1v) is 11.4. The average Bonchev–Trinajstić information content (AvgIpc) is 3.53. The molecule has 1 aliphatic heterocycles. The third kappa shape index (κ3) is 4.65. The number of anilines is 1. The molecule has 5 rings (SSSR count). The van der Waals surface area contributed by atoms with Gasteiger partial charge in [-0.1, -0.05) is 18.2 Å². The minimum Gasteiger partial charge on any atom is -0.497 e. The number of carbonyl (C=O) groups is 1. The maximum Gasteiger partial charge on any atom is 0.270 e. The van der Waals surface area contributed by atoms with Crippen molar-refractivity contribution in [2.24, 2.45) is 0 Å². The van der Waals surface area contributed by atoms with Crippen molar-refractivity contribution in [1.29, 1.82) is 0 Å². The lowest BCUT2D eigenvalue weighted by Gasteiger charge is -2.11. The van der Waals surface area contributed by atoms with E-state index in [0.717, 1.165) is 10.4 Å². The molecule has 0 unspecified atom stereocenters. The van der Waals surface area contributed by atoms with E-state index in [1.54, 1.807) is 31.4 Å². The Bertz CT molecular complexity index is 1400. The van der Waals surface area contributed by atoms with E-state index >= 15 is 0 Å². The summed E-state index contributed by atoms with van der Waals surface area (Å²) in [6, 6.07) is 18.3. The molecule has 0 aliphatic carbocycles. The fourth-order valence-corrected chi connectivity index (χ4v) is 4.37. The fourth-order valence-electron chi connectivity index (χ4n) is 3.69. The van der Waals surface area contributed by atoms with Gasteiger partial charge in [0.1, 0.15) is 18.0 Å². The number of carbonyl (C=O) groups excluding carboxylic acids is 1. The van der Waals surface area contributed by atoms with Crippen molar-refractivity contribution in [1.82, 2.24) is 9.78 Å². The summed E-state index contributed by atoms with van der Waals surface area (Å²) in [5, 5.41) is 9.22. The van der Waals surface area contributed by atoms with Crippen LogP contribution in [-0.4, -0.2) is 29.6 Å². The van der Waals surface area contributed by atoms with Gasteiger partial charge < -0.3 is 19.5 Å². The molecular formula is C25H21N3O5S. The number of methoxy groups -OCH3 is 1. The van der Waals surface area contributed by atoms with Crippen LogP contribution in [0.25, 0.3) is 10.6 Å². The highest BCUT2D eigenvalue weighted by molar-refractivity contribution is 7.13. The van der Waals surface area contributed by atoms with Crippen molar-refractivity contribution in [3.8, 4) is 27.8 Å². The Balaban J connectivity index is 1.43. The SMILES string of the molecule is COc1cccc(Cc2cc(-c3cccs3)nn(CC(=O)Nc3ccc4c(c3)OCO4)c2=O)c1. The summed E-state index contributed by atoms with van der Waals surface area (Å²) < 4.78 is 17.2. The van der Waals surface area contributed by atoms with Gasteiger partial charge in [0.2, 0.25) is 12.7 Å². The third-order valence-corrected chi connectivity index (χ3v) is 6.19. The number of nitrogens with zero attached hydrogens (tertiary/aromatic N) is 2. The molecule has 0 bridgehead atoms. The van der Waals surface area contributed by atoms with Crippen LogP contribution >= 0.6 is 11.3 Å². The lowest BCUT2D eigenvalue weighted by atomic mass is 10.1. The van der Waals surface area contributed by atoms with Gasteiger partial charge in [-0.25, -0.2) is 4.68 Å². The minimum absolute atomic E-state index is 0.150. The second-order valence-corrected chi connectivity index (χ2v) is 8.59. The molecule has 8 nitrogen and oxygen atoms in total. The van der Waals surface area contributed by atoms with Gasteiger partial charge in [-0.05, 0) is 47.3 Å². The van der Waals surface area contributed by atoms with Crippen molar-refractivity contribution in [3.63, 3.8) is 0 Å². The first-order valence-electron chi connectivity index (χ1n) is 10.6. The van der Waals surface area contributed by atoms with Crippen LogP contribution in [0.15, 0.2) is 70.8 Å². The molecule has 0 saturated carbocycles. The van der Waals surface area contributed by atoms with Gasteiger partial charge in [-0.3, -0.25) is 9.59 Å². The van der Waals surface area contributed by atoms with Crippen LogP contribution in [0, 0.1) is 0 Å². The largest absolute Gasteiger partial charge is 0.497 e. The molecule has 2 aromatic heterocycles. The predicted molar refractivity (Wildman–Crippen MR) is 129 cm³/mol. The maximum absolute atomic E-state index is 13.2. The predicted octanol–water partition coefficient (Wildman–Crippen LogP) is 3.94. The van der Waals surface area contributed by atoms with Crippen molar-refractivity contribution in [2.45, 2.75) is 13.0 Å². The Morgan fingerprint density at radius 1 is 1.12 bits per heavy atom. The summed E-state index contributed by atoms with van der Waals surface area (Å²) in [7, 11) is 1.60. The van der Waals surface area contributed by atoms with Crippen LogP contribution in [0.5, 0.6) is 17.2 Å². The van der Waals surface area contributed by atoms with Gasteiger partial charge in [0.25, 0.3) is 5.56 Å². The van der Waals surface area contributed by atoms with Crippen molar-refractivity contribution in [2.75, 3.05) is 19.2 Å². The number of amides is 1. The number of ether oxygens (including phenoxy) is 3. The van der Waals surface area contributed by atoms with E-state index in [0.29, 0.717) is 40.6 Å². The van der Waals surface area contributed by atoms with Gasteiger partial charge in [-0.2, -0.15) is 5.10 Å². The smallest absolute Gasteiger partial charge is 0.270 e. The highest BCUT2D eigenvalue weighted by atomic mass is 32.1. The van der Waals surface area contributed by atoms with E-state index < -0.39 is 0 Å². The Kier molecular flexibility index (Phi) is 6.01. The highest BCUT2D eigenvalue weighted by Crippen LogP contribution is 2.34. The Hall–Kier alpha value is -4.11. The highest BCUT2D eigenvalue weighted by Gasteiger charge is 2.17. The van der Waals surface area contributed by atoms with Crippen LogP contribution < -0.4 is 25.1 Å². The number of thiophene rings is 1.